The van der Waals surface area contributed by atoms with Gasteiger partial charge in [-0.1, -0.05) is 30.3 Å². The number of carbonyl (C=O) groups excluding carboxylic acids is 2. The molecule has 0 aliphatic carbocycles. The number of rotatable bonds is 6. The first-order valence-electron chi connectivity index (χ1n) is 8.37. The van der Waals surface area contributed by atoms with Crippen LogP contribution in [0.3, 0.4) is 0 Å². The summed E-state index contributed by atoms with van der Waals surface area (Å²) in [5, 5.41) is 6.46. The molecule has 0 saturated carbocycles. The number of amides is 2. The Morgan fingerprint density at radius 2 is 2.04 bits per heavy atom. The van der Waals surface area contributed by atoms with Crippen molar-refractivity contribution in [1.29, 1.82) is 0 Å². The lowest BCUT2D eigenvalue weighted by molar-refractivity contribution is -0.130. The highest BCUT2D eigenvalue weighted by Gasteiger charge is 2.20. The Labute approximate surface area is 138 Å². The van der Waals surface area contributed by atoms with Crippen LogP contribution in [0.5, 0.6) is 0 Å². The minimum absolute atomic E-state index is 0.00265. The molecular weight excluding hydrogens is 290 g/mol. The van der Waals surface area contributed by atoms with Crippen LogP contribution in [0, 0.1) is 0 Å². The molecule has 0 aromatic heterocycles. The standard InChI is InChI=1S/C18H27N3O2/c1-14-12-17(8-10-19-14)20-18(23)9-11-21(15(2)22)13-16-6-4-3-5-7-16/h3-7,14,17,19H,8-13H2,1-2H3,(H,20,23). The van der Waals surface area contributed by atoms with Crippen molar-refractivity contribution in [3.05, 3.63) is 35.9 Å². The zero-order chi connectivity index (χ0) is 16.7. The highest BCUT2D eigenvalue weighted by atomic mass is 16.2. The molecule has 1 saturated heterocycles. The van der Waals surface area contributed by atoms with Gasteiger partial charge in [-0.25, -0.2) is 0 Å². The normalized spacial score (nSPS) is 20.8. The first-order valence-corrected chi connectivity index (χ1v) is 8.37. The van der Waals surface area contributed by atoms with Crippen LogP contribution in [-0.2, 0) is 16.1 Å². The Bertz CT molecular complexity index is 518. The van der Waals surface area contributed by atoms with Gasteiger partial charge in [-0.15, -0.1) is 0 Å². The predicted octanol–water partition coefficient (Wildman–Crippen LogP) is 1.68. The number of nitrogens with one attached hydrogen (secondary N) is 2. The van der Waals surface area contributed by atoms with E-state index in [-0.39, 0.29) is 17.9 Å². The van der Waals surface area contributed by atoms with Gasteiger partial charge < -0.3 is 15.5 Å². The van der Waals surface area contributed by atoms with E-state index in [1.807, 2.05) is 30.3 Å². The van der Waals surface area contributed by atoms with E-state index in [1.165, 1.54) is 0 Å². The highest BCUT2D eigenvalue weighted by Crippen LogP contribution is 2.09. The van der Waals surface area contributed by atoms with Crippen molar-refractivity contribution in [2.45, 2.75) is 51.7 Å². The SMILES string of the molecule is CC(=O)N(CCC(=O)NC1CCNC(C)C1)Cc1ccccc1. The third-order valence-electron chi connectivity index (χ3n) is 4.26. The third-order valence-corrected chi connectivity index (χ3v) is 4.26. The van der Waals surface area contributed by atoms with E-state index < -0.39 is 0 Å². The number of piperidine rings is 1. The second kappa shape index (κ2) is 8.67. The Morgan fingerprint density at radius 1 is 1.30 bits per heavy atom. The Morgan fingerprint density at radius 3 is 2.70 bits per heavy atom. The summed E-state index contributed by atoms with van der Waals surface area (Å²) in [4.78, 5) is 25.6. The van der Waals surface area contributed by atoms with Crippen molar-refractivity contribution in [1.82, 2.24) is 15.5 Å². The molecule has 0 radical (unpaired) electrons. The summed E-state index contributed by atoms with van der Waals surface area (Å²) in [6.07, 6.45) is 2.29. The summed E-state index contributed by atoms with van der Waals surface area (Å²) >= 11 is 0. The van der Waals surface area contributed by atoms with Gasteiger partial charge >= 0.3 is 0 Å². The summed E-state index contributed by atoms with van der Waals surface area (Å²) in [6.45, 7) is 5.63. The number of hydrogen-bond acceptors (Lipinski definition) is 3. The van der Waals surface area contributed by atoms with Crippen molar-refractivity contribution in [3.8, 4) is 0 Å². The lowest BCUT2D eigenvalue weighted by Crippen LogP contribution is -2.47. The van der Waals surface area contributed by atoms with Crippen LogP contribution in [0.25, 0.3) is 0 Å². The van der Waals surface area contributed by atoms with Crippen molar-refractivity contribution in [2.75, 3.05) is 13.1 Å². The fraction of sp³-hybridized carbons (Fsp3) is 0.556. The summed E-state index contributed by atoms with van der Waals surface area (Å²) in [7, 11) is 0. The molecule has 1 heterocycles. The van der Waals surface area contributed by atoms with E-state index in [4.69, 9.17) is 0 Å². The molecule has 2 atom stereocenters. The molecule has 2 unspecified atom stereocenters. The maximum atomic E-state index is 12.1. The summed E-state index contributed by atoms with van der Waals surface area (Å²) < 4.78 is 0. The van der Waals surface area contributed by atoms with Gasteiger partial charge in [0.1, 0.15) is 0 Å². The Hall–Kier alpha value is -1.88. The van der Waals surface area contributed by atoms with Crippen molar-refractivity contribution in [2.24, 2.45) is 0 Å². The molecule has 1 aromatic carbocycles. The second-order valence-corrected chi connectivity index (χ2v) is 6.32. The van der Waals surface area contributed by atoms with Gasteiger partial charge in [0.2, 0.25) is 11.8 Å². The molecule has 1 aromatic rings. The van der Waals surface area contributed by atoms with E-state index in [1.54, 1.807) is 11.8 Å². The lowest BCUT2D eigenvalue weighted by atomic mass is 10.0. The minimum atomic E-state index is -0.00265. The zero-order valence-electron chi connectivity index (χ0n) is 14.0. The van der Waals surface area contributed by atoms with Crippen molar-refractivity contribution in [3.63, 3.8) is 0 Å². The van der Waals surface area contributed by atoms with Gasteiger partial charge in [0, 0.05) is 38.5 Å². The van der Waals surface area contributed by atoms with E-state index >= 15 is 0 Å². The van der Waals surface area contributed by atoms with Crippen LogP contribution in [0.1, 0.15) is 38.7 Å². The van der Waals surface area contributed by atoms with Gasteiger partial charge in [0.25, 0.3) is 0 Å². The first kappa shape index (κ1) is 17.5. The topological polar surface area (TPSA) is 61.4 Å². The molecule has 1 aliphatic rings. The van der Waals surface area contributed by atoms with Crippen LogP contribution in [0.15, 0.2) is 30.3 Å². The number of benzene rings is 1. The Balaban J connectivity index is 1.79. The quantitative estimate of drug-likeness (QED) is 0.839. The van der Waals surface area contributed by atoms with Crippen LogP contribution >= 0.6 is 0 Å². The molecule has 5 heteroatoms. The van der Waals surface area contributed by atoms with E-state index in [9.17, 15) is 9.59 Å². The average molecular weight is 317 g/mol. The van der Waals surface area contributed by atoms with Gasteiger partial charge in [0.15, 0.2) is 0 Å². The number of nitrogens with zero attached hydrogens (tertiary/aromatic N) is 1. The molecule has 2 rings (SSSR count). The molecule has 126 valence electrons. The van der Waals surface area contributed by atoms with Crippen LogP contribution in [0.2, 0.25) is 0 Å². The highest BCUT2D eigenvalue weighted by molar-refractivity contribution is 5.78. The van der Waals surface area contributed by atoms with Crippen molar-refractivity contribution < 1.29 is 9.59 Å². The van der Waals surface area contributed by atoms with Crippen molar-refractivity contribution >= 4 is 11.8 Å². The largest absolute Gasteiger partial charge is 0.353 e. The molecule has 0 bridgehead atoms. The fourth-order valence-electron chi connectivity index (χ4n) is 2.95. The molecule has 1 aliphatic heterocycles. The van der Waals surface area contributed by atoms with Gasteiger partial charge in [-0.3, -0.25) is 9.59 Å². The molecule has 23 heavy (non-hydrogen) atoms. The molecule has 5 nitrogen and oxygen atoms in total. The smallest absolute Gasteiger partial charge is 0.221 e. The average Bonchev–Trinajstić information content (AvgIpc) is 2.52. The summed E-state index contributed by atoms with van der Waals surface area (Å²) in [6, 6.07) is 10.5. The molecule has 0 spiro atoms. The van der Waals surface area contributed by atoms with E-state index in [0.29, 0.717) is 25.6 Å². The number of carbonyl (C=O) groups is 2. The minimum Gasteiger partial charge on any atom is -0.353 e. The van der Waals surface area contributed by atoms with E-state index in [2.05, 4.69) is 17.6 Å². The second-order valence-electron chi connectivity index (χ2n) is 6.32. The zero-order valence-corrected chi connectivity index (χ0v) is 14.0. The lowest BCUT2D eigenvalue weighted by Gasteiger charge is -2.29. The maximum absolute atomic E-state index is 12.1. The Kier molecular flexibility index (Phi) is 6.59. The summed E-state index contributed by atoms with van der Waals surface area (Å²) in [5.41, 5.74) is 1.08. The van der Waals surface area contributed by atoms with Gasteiger partial charge in [-0.05, 0) is 31.9 Å². The number of hydrogen-bond donors (Lipinski definition) is 2. The van der Waals surface area contributed by atoms with Gasteiger partial charge in [-0.2, -0.15) is 0 Å². The first-order chi connectivity index (χ1) is 11.0. The molecule has 1 fully saturated rings. The molecule has 2 N–H and O–H groups in total. The van der Waals surface area contributed by atoms with Crippen LogP contribution in [-0.4, -0.2) is 41.9 Å². The third kappa shape index (κ3) is 6.02. The van der Waals surface area contributed by atoms with Gasteiger partial charge in [0.05, 0.1) is 0 Å². The summed E-state index contributed by atoms with van der Waals surface area (Å²) in [5.74, 6) is 0.0283. The molecular formula is C18H27N3O2. The molecule has 2 amide bonds. The monoisotopic (exact) mass is 317 g/mol. The van der Waals surface area contributed by atoms with E-state index in [0.717, 1.165) is 24.9 Å². The maximum Gasteiger partial charge on any atom is 0.221 e. The van der Waals surface area contributed by atoms with Crippen LogP contribution < -0.4 is 10.6 Å². The predicted molar refractivity (Wildman–Crippen MR) is 90.8 cm³/mol. The fourth-order valence-corrected chi connectivity index (χ4v) is 2.95. The van der Waals surface area contributed by atoms with Crippen LogP contribution in [0.4, 0.5) is 0 Å².